The van der Waals surface area contributed by atoms with Gasteiger partial charge in [0.1, 0.15) is 5.75 Å². The number of ether oxygens (including phenoxy) is 1. The SMILES string of the molecule is O=C(CSc1nnc(-c2c[nH]c3ccccc23)n1C1CC1)Nc1ccc(OC(F)(F)F)cc1. The largest absolute Gasteiger partial charge is 0.573 e. The molecule has 1 aliphatic rings. The number of para-hydroxylation sites is 1. The molecule has 1 saturated carbocycles. The zero-order valence-electron chi connectivity index (χ0n) is 17.1. The van der Waals surface area contributed by atoms with Gasteiger partial charge in [0.25, 0.3) is 0 Å². The predicted molar refractivity (Wildman–Crippen MR) is 118 cm³/mol. The van der Waals surface area contributed by atoms with Crippen molar-refractivity contribution in [1.82, 2.24) is 19.7 Å². The number of halogens is 3. The van der Waals surface area contributed by atoms with Crippen molar-refractivity contribution in [3.8, 4) is 17.1 Å². The molecular weight excluding hydrogens is 455 g/mol. The Hall–Kier alpha value is -3.47. The van der Waals surface area contributed by atoms with Crippen molar-refractivity contribution in [2.24, 2.45) is 0 Å². The Kier molecular flexibility index (Phi) is 5.49. The van der Waals surface area contributed by atoms with E-state index in [1.165, 1.54) is 23.9 Å². The molecule has 33 heavy (non-hydrogen) atoms. The van der Waals surface area contributed by atoms with Gasteiger partial charge in [0.2, 0.25) is 5.91 Å². The molecule has 2 N–H and O–H groups in total. The molecule has 0 atom stereocenters. The molecule has 0 radical (unpaired) electrons. The quantitative estimate of drug-likeness (QED) is 0.352. The number of nitrogens with one attached hydrogen (secondary N) is 2. The second kappa shape index (κ2) is 8.47. The molecule has 7 nitrogen and oxygen atoms in total. The molecule has 1 amide bonds. The van der Waals surface area contributed by atoms with Gasteiger partial charge in [-0.05, 0) is 43.2 Å². The van der Waals surface area contributed by atoms with Crippen LogP contribution in [0.4, 0.5) is 18.9 Å². The van der Waals surface area contributed by atoms with Crippen molar-refractivity contribution < 1.29 is 22.7 Å². The second-order valence-electron chi connectivity index (χ2n) is 7.56. The first-order valence-corrected chi connectivity index (χ1v) is 11.2. The smallest absolute Gasteiger partial charge is 0.406 e. The highest BCUT2D eigenvalue weighted by Gasteiger charge is 2.32. The summed E-state index contributed by atoms with van der Waals surface area (Å²) in [5, 5.41) is 13.1. The van der Waals surface area contributed by atoms with Crippen LogP contribution in [0.25, 0.3) is 22.3 Å². The Morgan fingerprint density at radius 2 is 1.91 bits per heavy atom. The van der Waals surface area contributed by atoms with Crippen LogP contribution in [0, 0.1) is 0 Å². The van der Waals surface area contributed by atoms with E-state index in [-0.39, 0.29) is 17.4 Å². The van der Waals surface area contributed by atoms with E-state index in [2.05, 4.69) is 29.8 Å². The first kappa shape index (κ1) is 21.4. The first-order chi connectivity index (χ1) is 15.9. The van der Waals surface area contributed by atoms with E-state index in [9.17, 15) is 18.0 Å². The van der Waals surface area contributed by atoms with Crippen molar-refractivity contribution in [3.63, 3.8) is 0 Å². The second-order valence-corrected chi connectivity index (χ2v) is 8.51. The van der Waals surface area contributed by atoms with Crippen molar-refractivity contribution in [2.75, 3.05) is 11.1 Å². The third kappa shape index (κ3) is 4.82. The fourth-order valence-electron chi connectivity index (χ4n) is 3.54. The summed E-state index contributed by atoms with van der Waals surface area (Å²) in [5.74, 6) is 0.193. The minimum absolute atomic E-state index is 0.0829. The van der Waals surface area contributed by atoms with Crippen LogP contribution < -0.4 is 10.1 Å². The number of aromatic nitrogens is 4. The van der Waals surface area contributed by atoms with E-state index in [1.54, 1.807) is 0 Å². The maximum Gasteiger partial charge on any atom is 0.573 e. The highest BCUT2D eigenvalue weighted by molar-refractivity contribution is 7.99. The summed E-state index contributed by atoms with van der Waals surface area (Å²) in [4.78, 5) is 15.7. The standard InChI is InChI=1S/C22H18F3N5O2S/c23-22(24,25)32-15-9-5-13(6-10-15)27-19(31)12-33-21-29-28-20(30(21)14-7-8-14)17-11-26-18-4-2-1-3-16(17)18/h1-6,9-11,14,26H,7-8,12H2,(H,27,31). The van der Waals surface area contributed by atoms with Crippen LogP contribution in [0.15, 0.2) is 59.9 Å². The summed E-state index contributed by atoms with van der Waals surface area (Å²) in [7, 11) is 0. The lowest BCUT2D eigenvalue weighted by molar-refractivity contribution is -0.274. The molecule has 0 aliphatic heterocycles. The third-order valence-corrected chi connectivity index (χ3v) is 6.05. The lowest BCUT2D eigenvalue weighted by Gasteiger charge is -2.10. The van der Waals surface area contributed by atoms with E-state index in [0.717, 1.165) is 47.3 Å². The first-order valence-electron chi connectivity index (χ1n) is 10.2. The molecule has 2 aromatic heterocycles. The molecule has 5 rings (SSSR count). The van der Waals surface area contributed by atoms with Gasteiger partial charge in [-0.25, -0.2) is 0 Å². The molecule has 0 bridgehead atoms. The minimum Gasteiger partial charge on any atom is -0.406 e. The van der Waals surface area contributed by atoms with E-state index < -0.39 is 6.36 Å². The molecule has 4 aromatic rings. The number of nitrogens with zero attached hydrogens (tertiary/aromatic N) is 3. The van der Waals surface area contributed by atoms with Gasteiger partial charge in [-0.1, -0.05) is 30.0 Å². The van der Waals surface area contributed by atoms with Gasteiger partial charge in [-0.15, -0.1) is 23.4 Å². The Bertz CT molecular complexity index is 1300. The van der Waals surface area contributed by atoms with Crippen LogP contribution in [0.2, 0.25) is 0 Å². The van der Waals surface area contributed by atoms with Crippen LogP contribution in [0.3, 0.4) is 0 Å². The van der Waals surface area contributed by atoms with E-state index in [1.807, 2.05) is 30.5 Å². The van der Waals surface area contributed by atoms with Crippen LogP contribution in [0.5, 0.6) is 5.75 Å². The maximum absolute atomic E-state index is 12.4. The summed E-state index contributed by atoms with van der Waals surface area (Å²) in [6.45, 7) is 0. The van der Waals surface area contributed by atoms with Gasteiger partial charge < -0.3 is 15.0 Å². The minimum atomic E-state index is -4.76. The van der Waals surface area contributed by atoms with Crippen LogP contribution in [0.1, 0.15) is 18.9 Å². The number of aromatic amines is 1. The van der Waals surface area contributed by atoms with E-state index in [0.29, 0.717) is 16.9 Å². The van der Waals surface area contributed by atoms with Crippen LogP contribution in [-0.2, 0) is 4.79 Å². The average Bonchev–Trinajstić information content (AvgIpc) is 3.38. The normalized spacial score (nSPS) is 13.9. The molecular formula is C22H18F3N5O2S. The van der Waals surface area contributed by atoms with Gasteiger partial charge in [0, 0.05) is 34.4 Å². The Morgan fingerprint density at radius 3 is 2.64 bits per heavy atom. The zero-order chi connectivity index (χ0) is 23.0. The molecule has 1 aliphatic carbocycles. The number of fused-ring (bicyclic) bond motifs is 1. The number of carbonyl (C=O) groups is 1. The van der Waals surface area contributed by atoms with Crippen LogP contribution >= 0.6 is 11.8 Å². The van der Waals surface area contributed by atoms with E-state index in [4.69, 9.17) is 0 Å². The molecule has 1 fully saturated rings. The fraction of sp³-hybridized carbons (Fsp3) is 0.227. The number of anilines is 1. The highest BCUT2D eigenvalue weighted by Crippen LogP contribution is 2.42. The van der Waals surface area contributed by atoms with Crippen LogP contribution in [-0.4, -0.2) is 37.8 Å². The van der Waals surface area contributed by atoms with Crippen molar-refractivity contribution in [1.29, 1.82) is 0 Å². The molecule has 170 valence electrons. The van der Waals surface area contributed by atoms with Gasteiger partial charge in [0.05, 0.1) is 5.75 Å². The molecule has 2 heterocycles. The summed E-state index contributed by atoms with van der Waals surface area (Å²) in [5.41, 5.74) is 2.35. The topological polar surface area (TPSA) is 84.8 Å². The summed E-state index contributed by atoms with van der Waals surface area (Å²) >= 11 is 1.27. The third-order valence-electron chi connectivity index (χ3n) is 5.11. The van der Waals surface area contributed by atoms with E-state index >= 15 is 0 Å². The lowest BCUT2D eigenvalue weighted by atomic mass is 10.1. The number of carbonyl (C=O) groups excluding carboxylic acids is 1. The Labute approximate surface area is 190 Å². The molecule has 0 unspecified atom stereocenters. The number of hydrogen-bond acceptors (Lipinski definition) is 5. The van der Waals surface area contributed by atoms with Gasteiger partial charge in [-0.2, -0.15) is 0 Å². The molecule has 2 aromatic carbocycles. The van der Waals surface area contributed by atoms with Gasteiger partial charge >= 0.3 is 6.36 Å². The average molecular weight is 473 g/mol. The number of alkyl halides is 3. The fourth-order valence-corrected chi connectivity index (χ4v) is 4.35. The van der Waals surface area contributed by atoms with Gasteiger partial charge in [-0.3, -0.25) is 9.36 Å². The Balaban J connectivity index is 1.27. The number of benzene rings is 2. The lowest BCUT2D eigenvalue weighted by Crippen LogP contribution is -2.17. The van der Waals surface area contributed by atoms with Crippen molar-refractivity contribution in [3.05, 3.63) is 54.7 Å². The number of amides is 1. The highest BCUT2D eigenvalue weighted by atomic mass is 32.2. The Morgan fingerprint density at radius 1 is 1.15 bits per heavy atom. The zero-order valence-corrected chi connectivity index (χ0v) is 17.9. The van der Waals surface area contributed by atoms with Gasteiger partial charge in [0.15, 0.2) is 11.0 Å². The number of rotatable bonds is 7. The molecule has 11 heteroatoms. The summed E-state index contributed by atoms with van der Waals surface area (Å²) in [6.07, 6.45) is -0.787. The summed E-state index contributed by atoms with van der Waals surface area (Å²) < 4.78 is 42.7. The number of hydrogen-bond donors (Lipinski definition) is 2. The van der Waals surface area contributed by atoms with Crippen molar-refractivity contribution >= 4 is 34.3 Å². The number of H-pyrrole nitrogens is 1. The maximum atomic E-state index is 12.4. The van der Waals surface area contributed by atoms with Crippen molar-refractivity contribution in [2.45, 2.75) is 30.4 Å². The molecule has 0 spiro atoms. The predicted octanol–water partition coefficient (Wildman–Crippen LogP) is 5.39. The monoisotopic (exact) mass is 473 g/mol. The number of thioether (sulfide) groups is 1. The molecule has 0 saturated heterocycles. The summed E-state index contributed by atoms with van der Waals surface area (Å²) in [6, 6.07) is 13.3.